The molecule has 0 aromatic carbocycles. The third kappa shape index (κ3) is 9.50. The minimum Gasteiger partial charge on any atom is -0.356 e. The van der Waals surface area contributed by atoms with E-state index in [1.165, 1.54) is 19.3 Å². The molecule has 1 unspecified atom stereocenters. The van der Waals surface area contributed by atoms with Crippen LogP contribution < -0.4 is 10.6 Å². The summed E-state index contributed by atoms with van der Waals surface area (Å²) in [6.07, 6.45) is 6.58. The van der Waals surface area contributed by atoms with E-state index in [2.05, 4.69) is 29.5 Å². The number of carbonyl (C=O) groups excluding carboxylic acids is 2. The number of guanidine groups is 1. The Labute approximate surface area is 177 Å². The van der Waals surface area contributed by atoms with Crippen molar-refractivity contribution in [3.8, 4) is 0 Å². The van der Waals surface area contributed by atoms with E-state index < -0.39 is 0 Å². The molecule has 0 spiro atoms. The summed E-state index contributed by atoms with van der Waals surface area (Å²) in [4.78, 5) is 32.2. The van der Waals surface area contributed by atoms with Gasteiger partial charge in [-0.05, 0) is 25.2 Å². The summed E-state index contributed by atoms with van der Waals surface area (Å²) in [5.41, 5.74) is 0. The van der Waals surface area contributed by atoms with Crippen molar-refractivity contribution in [3.05, 3.63) is 0 Å². The normalized spacial score (nSPS) is 16.7. The van der Waals surface area contributed by atoms with Crippen LogP contribution >= 0.6 is 0 Å². The first-order valence-electron chi connectivity index (χ1n) is 11.3. The minimum atomic E-state index is -0.0125. The molecule has 0 radical (unpaired) electrons. The first-order valence-corrected chi connectivity index (χ1v) is 11.3. The summed E-state index contributed by atoms with van der Waals surface area (Å²) in [5.74, 6) is 1.58. The van der Waals surface area contributed by atoms with E-state index >= 15 is 0 Å². The molecule has 0 bridgehead atoms. The molecule has 168 valence electrons. The van der Waals surface area contributed by atoms with Crippen LogP contribution in [0.3, 0.4) is 0 Å². The van der Waals surface area contributed by atoms with E-state index in [4.69, 9.17) is 0 Å². The zero-order chi connectivity index (χ0) is 21.8. The number of likely N-dealkylation sites (tertiary alicyclic amines) is 1. The van der Waals surface area contributed by atoms with E-state index in [0.717, 1.165) is 38.9 Å². The molecule has 2 amide bonds. The van der Waals surface area contributed by atoms with Crippen molar-refractivity contribution in [3.63, 3.8) is 0 Å². The highest BCUT2D eigenvalue weighted by atomic mass is 16.2. The number of rotatable bonds is 10. The van der Waals surface area contributed by atoms with Crippen molar-refractivity contribution in [1.29, 1.82) is 0 Å². The van der Waals surface area contributed by atoms with Crippen LogP contribution in [0.15, 0.2) is 4.99 Å². The highest BCUT2D eigenvalue weighted by Crippen LogP contribution is 2.14. The predicted octanol–water partition coefficient (Wildman–Crippen LogP) is 2.47. The highest BCUT2D eigenvalue weighted by Gasteiger charge is 2.25. The Bertz CT molecular complexity index is 525. The van der Waals surface area contributed by atoms with Gasteiger partial charge in [-0.2, -0.15) is 0 Å². The Morgan fingerprint density at radius 2 is 1.83 bits per heavy atom. The summed E-state index contributed by atoms with van der Waals surface area (Å²) in [6.45, 7) is 10.9. The lowest BCUT2D eigenvalue weighted by molar-refractivity contribution is -0.135. The molecule has 2 N–H and O–H groups in total. The molecule has 1 aliphatic heterocycles. The monoisotopic (exact) mass is 409 g/mol. The molecule has 1 rings (SSSR count). The second kappa shape index (κ2) is 13.4. The molecule has 29 heavy (non-hydrogen) atoms. The highest BCUT2D eigenvalue weighted by molar-refractivity contribution is 5.85. The number of amides is 2. The van der Waals surface area contributed by atoms with Gasteiger partial charge in [0.25, 0.3) is 0 Å². The smallest absolute Gasteiger partial charge is 0.243 e. The van der Waals surface area contributed by atoms with Crippen molar-refractivity contribution in [2.24, 2.45) is 16.8 Å². The van der Waals surface area contributed by atoms with Crippen molar-refractivity contribution in [2.45, 2.75) is 72.3 Å². The Balaban J connectivity index is 2.65. The third-order valence-electron chi connectivity index (χ3n) is 5.61. The van der Waals surface area contributed by atoms with E-state index in [-0.39, 0.29) is 30.3 Å². The molecule has 0 saturated carbocycles. The largest absolute Gasteiger partial charge is 0.356 e. The number of carbonyl (C=O) groups is 2. The number of nitrogens with zero attached hydrogens (tertiary/aromatic N) is 3. The van der Waals surface area contributed by atoms with Gasteiger partial charge in [-0.3, -0.25) is 9.59 Å². The molecule has 7 nitrogen and oxygen atoms in total. The number of unbranched alkanes of at least 4 members (excludes halogenated alkanes) is 1. The van der Waals surface area contributed by atoms with Crippen LogP contribution in [0.1, 0.15) is 66.2 Å². The lowest BCUT2D eigenvalue weighted by atomic mass is 9.99. The van der Waals surface area contributed by atoms with E-state index in [1.54, 1.807) is 19.0 Å². The van der Waals surface area contributed by atoms with Crippen molar-refractivity contribution in [2.75, 3.05) is 40.3 Å². The predicted molar refractivity (Wildman–Crippen MR) is 120 cm³/mol. The molecule has 1 fully saturated rings. The van der Waals surface area contributed by atoms with Gasteiger partial charge < -0.3 is 20.4 Å². The summed E-state index contributed by atoms with van der Waals surface area (Å²) >= 11 is 0. The van der Waals surface area contributed by atoms with Crippen molar-refractivity contribution < 1.29 is 9.59 Å². The quantitative estimate of drug-likeness (QED) is 0.429. The van der Waals surface area contributed by atoms with Gasteiger partial charge in [-0.15, -0.1) is 0 Å². The standard InChI is InChI=1S/C22H43N5O2/c1-7-9-10-18(8-2)15-23-22(24-16-20(28)26(5)6)25-19-11-13-27(14-12-19)21(29)17(3)4/h17-19H,7-16H2,1-6H3,(H2,23,24,25). The minimum absolute atomic E-state index is 0.0125. The molecule has 1 aliphatic rings. The Hall–Kier alpha value is -1.79. The summed E-state index contributed by atoms with van der Waals surface area (Å²) in [6, 6.07) is 0.266. The summed E-state index contributed by atoms with van der Waals surface area (Å²) < 4.78 is 0. The molecule has 7 heteroatoms. The molecular weight excluding hydrogens is 366 g/mol. The van der Waals surface area contributed by atoms with Gasteiger partial charge in [0.2, 0.25) is 11.8 Å². The maximum absolute atomic E-state index is 12.2. The maximum atomic E-state index is 12.2. The fourth-order valence-electron chi connectivity index (χ4n) is 3.43. The van der Waals surface area contributed by atoms with Crippen LogP contribution in [-0.4, -0.2) is 73.9 Å². The van der Waals surface area contributed by atoms with Crippen molar-refractivity contribution >= 4 is 17.8 Å². The van der Waals surface area contributed by atoms with Crippen LogP contribution in [0.5, 0.6) is 0 Å². The van der Waals surface area contributed by atoms with Crippen LogP contribution in [-0.2, 0) is 9.59 Å². The Morgan fingerprint density at radius 3 is 2.34 bits per heavy atom. The van der Waals surface area contributed by atoms with E-state index in [1.807, 2.05) is 18.7 Å². The van der Waals surface area contributed by atoms with Gasteiger partial charge >= 0.3 is 0 Å². The maximum Gasteiger partial charge on any atom is 0.243 e. The van der Waals surface area contributed by atoms with E-state index in [0.29, 0.717) is 11.9 Å². The lowest BCUT2D eigenvalue weighted by Gasteiger charge is -2.34. The van der Waals surface area contributed by atoms with Gasteiger partial charge in [-0.25, -0.2) is 4.99 Å². The van der Waals surface area contributed by atoms with Gasteiger partial charge in [-0.1, -0.05) is 47.0 Å². The van der Waals surface area contributed by atoms with Crippen LogP contribution in [0, 0.1) is 11.8 Å². The number of likely N-dealkylation sites (N-methyl/N-ethyl adjacent to an activating group) is 1. The number of hydrogen-bond donors (Lipinski definition) is 2. The number of aliphatic imine (C=N–C) groups is 1. The molecule has 1 saturated heterocycles. The molecule has 0 aliphatic carbocycles. The number of piperidine rings is 1. The molecule has 0 aromatic heterocycles. The molecular formula is C22H43N5O2. The average Bonchev–Trinajstić information content (AvgIpc) is 2.71. The van der Waals surface area contributed by atoms with Gasteiger partial charge in [0.15, 0.2) is 5.96 Å². The molecule has 0 aromatic rings. The zero-order valence-corrected chi connectivity index (χ0v) is 19.5. The molecule has 1 heterocycles. The van der Waals surface area contributed by atoms with Crippen LogP contribution in [0.2, 0.25) is 0 Å². The van der Waals surface area contributed by atoms with Gasteiger partial charge in [0, 0.05) is 45.7 Å². The summed E-state index contributed by atoms with van der Waals surface area (Å²) in [7, 11) is 3.50. The second-order valence-corrected chi connectivity index (χ2v) is 8.65. The SMILES string of the molecule is CCCCC(CC)CNC(=NCC(=O)N(C)C)NC1CCN(C(=O)C(C)C)CC1. The van der Waals surface area contributed by atoms with Crippen LogP contribution in [0.4, 0.5) is 0 Å². The molecule has 1 atom stereocenters. The second-order valence-electron chi connectivity index (χ2n) is 8.65. The van der Waals surface area contributed by atoms with Crippen molar-refractivity contribution in [1.82, 2.24) is 20.4 Å². The lowest BCUT2D eigenvalue weighted by Crippen LogP contribution is -2.51. The van der Waals surface area contributed by atoms with Gasteiger partial charge in [0.05, 0.1) is 0 Å². The Kier molecular flexibility index (Phi) is 11.7. The van der Waals surface area contributed by atoms with E-state index in [9.17, 15) is 9.59 Å². The number of nitrogens with one attached hydrogen (secondary N) is 2. The number of hydrogen-bond acceptors (Lipinski definition) is 3. The average molecular weight is 410 g/mol. The summed E-state index contributed by atoms with van der Waals surface area (Å²) in [5, 5.41) is 6.97. The zero-order valence-electron chi connectivity index (χ0n) is 19.5. The fraction of sp³-hybridized carbons (Fsp3) is 0.864. The van der Waals surface area contributed by atoms with Gasteiger partial charge in [0.1, 0.15) is 6.54 Å². The van der Waals surface area contributed by atoms with Crippen LogP contribution in [0.25, 0.3) is 0 Å². The topological polar surface area (TPSA) is 77.0 Å². The Morgan fingerprint density at radius 1 is 1.17 bits per heavy atom. The first-order chi connectivity index (χ1) is 13.8. The first kappa shape index (κ1) is 25.2. The fourth-order valence-corrected chi connectivity index (χ4v) is 3.43. The third-order valence-corrected chi connectivity index (χ3v) is 5.61.